The van der Waals surface area contributed by atoms with Gasteiger partial charge >= 0.3 is 0 Å². The summed E-state index contributed by atoms with van der Waals surface area (Å²) in [6, 6.07) is 4.33. The smallest absolute Gasteiger partial charge is 0.282 e. The number of nitrogens with zero attached hydrogens (tertiary/aromatic N) is 5. The number of H-pyrrole nitrogens is 1. The van der Waals surface area contributed by atoms with Gasteiger partial charge in [0.1, 0.15) is 17.2 Å². The average molecular weight is 629 g/mol. The van der Waals surface area contributed by atoms with E-state index in [2.05, 4.69) is 67.3 Å². The van der Waals surface area contributed by atoms with Crippen molar-refractivity contribution in [2.45, 2.75) is 97.2 Å². The van der Waals surface area contributed by atoms with Crippen molar-refractivity contribution in [2.24, 2.45) is 5.92 Å². The van der Waals surface area contributed by atoms with E-state index in [1.165, 1.54) is 6.08 Å². The lowest BCUT2D eigenvalue weighted by Crippen LogP contribution is -2.50. The Labute approximate surface area is 262 Å². The third-order valence-corrected chi connectivity index (χ3v) is 9.38. The van der Waals surface area contributed by atoms with Crippen LogP contribution in [0.3, 0.4) is 0 Å². The number of carbonyl (C=O) groups excluding carboxylic acids is 2. The maximum absolute atomic E-state index is 14.5. The predicted octanol–water partition coefficient (Wildman–Crippen LogP) is 6.52. The van der Waals surface area contributed by atoms with Crippen LogP contribution in [0.5, 0.6) is 0 Å². The number of benzene rings is 1. The van der Waals surface area contributed by atoms with E-state index < -0.39 is 12.1 Å². The molecule has 0 aliphatic carbocycles. The van der Waals surface area contributed by atoms with Crippen LogP contribution in [-0.4, -0.2) is 73.0 Å². The molecule has 2 aromatic heterocycles. The fraction of sp³-hybridized carbons (Fsp3) is 0.576. The van der Waals surface area contributed by atoms with Crippen molar-refractivity contribution in [3.05, 3.63) is 58.3 Å². The summed E-state index contributed by atoms with van der Waals surface area (Å²) in [4.78, 5) is 34.1. The Kier molecular flexibility index (Phi) is 9.33. The van der Waals surface area contributed by atoms with Gasteiger partial charge in [0.25, 0.3) is 6.43 Å². The Balaban J connectivity index is 1.47. The van der Waals surface area contributed by atoms with E-state index in [0.717, 1.165) is 41.5 Å². The highest BCUT2D eigenvalue weighted by atomic mass is 35.5. The number of fused-ring (bicyclic) bond motifs is 1. The van der Waals surface area contributed by atoms with E-state index in [1.54, 1.807) is 9.47 Å². The number of carbonyl (C=O) groups is 2. The van der Waals surface area contributed by atoms with E-state index in [-0.39, 0.29) is 41.2 Å². The zero-order chi connectivity index (χ0) is 31.9. The second kappa shape index (κ2) is 12.7. The van der Waals surface area contributed by atoms with Crippen molar-refractivity contribution in [3.63, 3.8) is 0 Å². The third-order valence-electron chi connectivity index (χ3n) is 9.07. The van der Waals surface area contributed by atoms with Crippen molar-refractivity contribution in [2.75, 3.05) is 19.6 Å². The quantitative estimate of drug-likeness (QED) is 0.193. The molecular formula is C33H43ClF2N6O2. The zero-order valence-corrected chi connectivity index (χ0v) is 27.1. The largest absolute Gasteiger partial charge is 0.338 e. The van der Waals surface area contributed by atoms with E-state index in [9.17, 15) is 18.4 Å². The summed E-state index contributed by atoms with van der Waals surface area (Å²) in [5, 5.41) is 9.16. The number of amides is 1. The molecule has 2 aliphatic heterocycles. The molecule has 3 aromatic rings. The molecule has 2 fully saturated rings. The van der Waals surface area contributed by atoms with Gasteiger partial charge in [-0.2, -0.15) is 5.10 Å². The van der Waals surface area contributed by atoms with Crippen LogP contribution in [0.2, 0.25) is 5.02 Å². The van der Waals surface area contributed by atoms with Crippen LogP contribution in [0, 0.1) is 5.92 Å². The maximum atomic E-state index is 14.5. The number of Topliss-reactive ketones (excluding diaryl/α,β-unsaturated/α-hetero) is 1. The van der Waals surface area contributed by atoms with Gasteiger partial charge in [0.05, 0.1) is 5.52 Å². The summed E-state index contributed by atoms with van der Waals surface area (Å²) < 4.78 is 30.8. The van der Waals surface area contributed by atoms with Gasteiger partial charge in [-0.3, -0.25) is 19.6 Å². The highest BCUT2D eigenvalue weighted by molar-refractivity contribution is 6.32. The van der Waals surface area contributed by atoms with Crippen molar-refractivity contribution in [3.8, 4) is 0 Å². The minimum Gasteiger partial charge on any atom is -0.338 e. The summed E-state index contributed by atoms with van der Waals surface area (Å²) in [6.45, 7) is 16.3. The van der Waals surface area contributed by atoms with E-state index in [0.29, 0.717) is 49.4 Å². The van der Waals surface area contributed by atoms with Gasteiger partial charge in [0.2, 0.25) is 5.91 Å². The summed E-state index contributed by atoms with van der Waals surface area (Å²) in [7, 11) is 0. The lowest BCUT2D eigenvalue weighted by atomic mass is 9.86. The van der Waals surface area contributed by atoms with Crippen LogP contribution in [0.15, 0.2) is 24.8 Å². The Bertz CT molecular complexity index is 1550. The number of imidazole rings is 1. The standard InChI is InChI=1S/C33H43ClF2N6O2/c1-7-29(44)40-16-20(17-40)13-27(43)31-30(32(35)36)37-28(42(31)18-21-9-8-12-41(21)19(2)3)11-10-25-22-14-23(33(4,5)6)24(34)15-26(22)39-38-25/h7,14-15,19-21,32H,1,8-13,16-18H2,2-6H3,(H,38,39). The molecule has 2 saturated heterocycles. The van der Waals surface area contributed by atoms with Gasteiger partial charge < -0.3 is 9.47 Å². The molecule has 8 nitrogen and oxygen atoms in total. The highest BCUT2D eigenvalue weighted by Gasteiger charge is 2.36. The van der Waals surface area contributed by atoms with Crippen LogP contribution in [-0.2, 0) is 29.6 Å². The summed E-state index contributed by atoms with van der Waals surface area (Å²) in [5.74, 6) is -0.139. The van der Waals surface area contributed by atoms with Crippen molar-refractivity contribution < 1.29 is 18.4 Å². The van der Waals surface area contributed by atoms with E-state index in [1.807, 2.05) is 6.07 Å². The zero-order valence-electron chi connectivity index (χ0n) is 26.3. The molecule has 0 radical (unpaired) electrons. The SMILES string of the molecule is C=CC(=O)N1CC(CC(=O)c2c(C(F)F)nc(CCc3[nH]nc4cc(Cl)c(C(C)(C)C)cc34)n2CC2CCCN2C(C)C)C1. The number of halogens is 3. The van der Waals surface area contributed by atoms with Crippen molar-refractivity contribution in [1.82, 2.24) is 29.5 Å². The number of aromatic amines is 1. The van der Waals surface area contributed by atoms with Gasteiger partial charge in [-0.15, -0.1) is 0 Å². The molecule has 2 aliphatic rings. The van der Waals surface area contributed by atoms with Crippen LogP contribution < -0.4 is 0 Å². The van der Waals surface area contributed by atoms with Crippen LogP contribution in [0.4, 0.5) is 8.78 Å². The molecule has 4 heterocycles. The monoisotopic (exact) mass is 628 g/mol. The van der Waals surface area contributed by atoms with Crippen LogP contribution in [0.1, 0.15) is 93.6 Å². The van der Waals surface area contributed by atoms with Gasteiger partial charge in [-0.1, -0.05) is 39.0 Å². The molecule has 1 unspecified atom stereocenters. The van der Waals surface area contributed by atoms with Crippen molar-refractivity contribution >= 4 is 34.2 Å². The molecule has 1 atom stereocenters. The number of nitrogens with one attached hydrogen (secondary N) is 1. The fourth-order valence-electron chi connectivity index (χ4n) is 6.75. The minimum atomic E-state index is -2.89. The predicted molar refractivity (Wildman–Crippen MR) is 168 cm³/mol. The topological polar surface area (TPSA) is 87.1 Å². The number of hydrogen-bond donors (Lipinski definition) is 1. The van der Waals surface area contributed by atoms with Gasteiger partial charge in [-0.05, 0) is 68.8 Å². The van der Waals surface area contributed by atoms with Gasteiger partial charge in [0.15, 0.2) is 5.78 Å². The first-order valence-corrected chi connectivity index (χ1v) is 15.9. The molecule has 1 aromatic carbocycles. The first-order valence-electron chi connectivity index (χ1n) is 15.5. The molecule has 5 rings (SSSR count). The van der Waals surface area contributed by atoms with Crippen molar-refractivity contribution in [1.29, 1.82) is 0 Å². The molecule has 1 N–H and O–H groups in total. The number of aryl methyl sites for hydroxylation is 2. The lowest BCUT2D eigenvalue weighted by molar-refractivity contribution is -0.132. The number of likely N-dealkylation sites (tertiary alicyclic amines) is 2. The highest BCUT2D eigenvalue weighted by Crippen LogP contribution is 2.35. The number of ketones is 1. The Morgan fingerprint density at radius 2 is 1.93 bits per heavy atom. The Hall–Kier alpha value is -3.11. The first-order chi connectivity index (χ1) is 20.8. The molecular weight excluding hydrogens is 586 g/mol. The maximum Gasteiger partial charge on any atom is 0.282 e. The first kappa shape index (κ1) is 32.3. The number of alkyl halides is 2. The molecule has 0 saturated carbocycles. The second-order valence-corrected chi connectivity index (χ2v) is 14.0. The average Bonchev–Trinajstić information content (AvgIpc) is 3.65. The fourth-order valence-corrected chi connectivity index (χ4v) is 7.19. The number of rotatable bonds is 11. The molecule has 44 heavy (non-hydrogen) atoms. The van der Waals surface area contributed by atoms with Crippen LogP contribution >= 0.6 is 11.6 Å². The molecule has 1 amide bonds. The summed E-state index contributed by atoms with van der Waals surface area (Å²) in [5.41, 5.74) is 2.01. The summed E-state index contributed by atoms with van der Waals surface area (Å²) in [6.07, 6.45) is 1.24. The third kappa shape index (κ3) is 6.47. The Morgan fingerprint density at radius 3 is 2.57 bits per heavy atom. The van der Waals surface area contributed by atoms with Gasteiger partial charge in [0, 0.05) is 66.6 Å². The molecule has 0 bridgehead atoms. The number of hydrogen-bond acceptors (Lipinski definition) is 5. The van der Waals surface area contributed by atoms with E-state index >= 15 is 0 Å². The van der Waals surface area contributed by atoms with Crippen LogP contribution in [0.25, 0.3) is 10.9 Å². The summed E-state index contributed by atoms with van der Waals surface area (Å²) >= 11 is 6.57. The Morgan fingerprint density at radius 1 is 1.20 bits per heavy atom. The van der Waals surface area contributed by atoms with Gasteiger partial charge in [-0.25, -0.2) is 13.8 Å². The molecule has 238 valence electrons. The normalized spacial score (nSPS) is 18.1. The second-order valence-electron chi connectivity index (χ2n) is 13.5. The molecule has 0 spiro atoms. The minimum absolute atomic E-state index is 0.00960. The van der Waals surface area contributed by atoms with E-state index in [4.69, 9.17) is 11.6 Å². The number of aromatic nitrogens is 4. The molecule has 11 heteroatoms. The lowest BCUT2D eigenvalue weighted by Gasteiger charge is -2.38.